The van der Waals surface area contributed by atoms with Gasteiger partial charge >= 0.3 is 0 Å². The minimum absolute atomic E-state index is 0.0555. The highest BCUT2D eigenvalue weighted by molar-refractivity contribution is 7.80. The molecule has 2 aromatic rings. The smallest absolute Gasteiger partial charge is 0.173 e. The lowest BCUT2D eigenvalue weighted by Crippen LogP contribution is -2.54. The summed E-state index contributed by atoms with van der Waals surface area (Å²) in [6, 6.07) is 16.5. The molecular formula is C21H25N3OS. The standard InChI is InChI=1S/C21H25N3OS/c1-15-7-9-20(10-8-15)24-12-11-23(14-16(24)2)21(26)22-19-6-4-5-18(13-19)17(3)25/h4-10,13,16H,11-12,14H2,1-3H3,(H,22,26). The van der Waals surface area contributed by atoms with Gasteiger partial charge in [0.15, 0.2) is 10.9 Å². The van der Waals surface area contributed by atoms with Crippen LogP contribution in [0.1, 0.15) is 29.8 Å². The molecule has 5 heteroatoms. The van der Waals surface area contributed by atoms with Gasteiger partial charge in [-0.05, 0) is 57.3 Å². The lowest BCUT2D eigenvalue weighted by molar-refractivity contribution is 0.101. The lowest BCUT2D eigenvalue weighted by Gasteiger charge is -2.42. The van der Waals surface area contributed by atoms with Crippen molar-refractivity contribution in [3.8, 4) is 0 Å². The molecule has 2 aromatic carbocycles. The van der Waals surface area contributed by atoms with Crippen LogP contribution in [0, 0.1) is 6.92 Å². The van der Waals surface area contributed by atoms with E-state index in [1.54, 1.807) is 6.92 Å². The van der Waals surface area contributed by atoms with E-state index in [-0.39, 0.29) is 5.78 Å². The summed E-state index contributed by atoms with van der Waals surface area (Å²) >= 11 is 5.60. The zero-order valence-electron chi connectivity index (χ0n) is 15.5. The van der Waals surface area contributed by atoms with Crippen LogP contribution >= 0.6 is 12.2 Å². The Morgan fingerprint density at radius 2 is 1.88 bits per heavy atom. The number of nitrogens with one attached hydrogen (secondary N) is 1. The Morgan fingerprint density at radius 3 is 2.54 bits per heavy atom. The first-order valence-corrected chi connectivity index (χ1v) is 9.35. The van der Waals surface area contributed by atoms with Crippen LogP contribution in [0.25, 0.3) is 0 Å². The molecular weight excluding hydrogens is 342 g/mol. The first-order valence-electron chi connectivity index (χ1n) is 8.94. The highest BCUT2D eigenvalue weighted by Crippen LogP contribution is 2.22. The molecule has 1 unspecified atom stereocenters. The van der Waals surface area contributed by atoms with Crippen LogP contribution in [0.3, 0.4) is 0 Å². The number of hydrogen-bond donors (Lipinski definition) is 1. The highest BCUT2D eigenvalue weighted by atomic mass is 32.1. The predicted molar refractivity (Wildman–Crippen MR) is 112 cm³/mol. The van der Waals surface area contributed by atoms with Gasteiger partial charge in [0.1, 0.15) is 0 Å². The summed E-state index contributed by atoms with van der Waals surface area (Å²) < 4.78 is 0. The summed E-state index contributed by atoms with van der Waals surface area (Å²) in [6.45, 7) is 8.58. The number of anilines is 2. The summed E-state index contributed by atoms with van der Waals surface area (Å²) in [6.07, 6.45) is 0. The predicted octanol–water partition coefficient (Wildman–Crippen LogP) is 4.11. The second-order valence-corrected chi connectivity index (χ2v) is 7.28. The summed E-state index contributed by atoms with van der Waals surface area (Å²) in [5.41, 5.74) is 4.08. The molecule has 0 aliphatic carbocycles. The van der Waals surface area contributed by atoms with Gasteiger partial charge in [-0.1, -0.05) is 29.8 Å². The number of thiocarbonyl (C=S) groups is 1. The van der Waals surface area contributed by atoms with E-state index in [4.69, 9.17) is 12.2 Å². The van der Waals surface area contributed by atoms with E-state index in [1.807, 2.05) is 24.3 Å². The summed E-state index contributed by atoms with van der Waals surface area (Å²) in [5, 5.41) is 3.99. The molecule has 1 fully saturated rings. The van der Waals surface area contributed by atoms with Crippen LogP contribution in [0.2, 0.25) is 0 Å². The van der Waals surface area contributed by atoms with Crippen molar-refractivity contribution in [1.29, 1.82) is 0 Å². The van der Waals surface area contributed by atoms with Gasteiger partial charge in [0, 0.05) is 42.6 Å². The molecule has 1 N–H and O–H groups in total. The third kappa shape index (κ3) is 4.22. The normalized spacial score (nSPS) is 17.1. The Morgan fingerprint density at radius 1 is 1.15 bits per heavy atom. The number of carbonyl (C=O) groups is 1. The fourth-order valence-electron chi connectivity index (χ4n) is 3.28. The van der Waals surface area contributed by atoms with Crippen molar-refractivity contribution in [1.82, 2.24) is 4.90 Å². The van der Waals surface area contributed by atoms with Crippen LogP contribution < -0.4 is 10.2 Å². The van der Waals surface area contributed by atoms with Gasteiger partial charge in [0.05, 0.1) is 0 Å². The number of hydrogen-bond acceptors (Lipinski definition) is 3. The van der Waals surface area contributed by atoms with Gasteiger partial charge < -0.3 is 15.1 Å². The second-order valence-electron chi connectivity index (χ2n) is 6.89. The van der Waals surface area contributed by atoms with E-state index in [2.05, 4.69) is 53.2 Å². The average molecular weight is 368 g/mol. The molecule has 0 saturated carbocycles. The first-order chi connectivity index (χ1) is 12.4. The Kier molecular flexibility index (Phi) is 5.57. The molecule has 4 nitrogen and oxygen atoms in total. The van der Waals surface area contributed by atoms with Gasteiger partial charge in [-0.15, -0.1) is 0 Å². The summed E-state index contributed by atoms with van der Waals surface area (Å²) in [4.78, 5) is 16.2. The third-order valence-electron chi connectivity index (χ3n) is 4.80. The molecule has 1 atom stereocenters. The van der Waals surface area contributed by atoms with Crippen molar-refractivity contribution in [3.63, 3.8) is 0 Å². The van der Waals surface area contributed by atoms with Gasteiger partial charge in [-0.3, -0.25) is 4.79 Å². The SMILES string of the molecule is CC(=O)c1cccc(NC(=S)N2CCN(c3ccc(C)cc3)C(C)C2)c1. The van der Waals surface area contributed by atoms with Gasteiger partial charge in [0.25, 0.3) is 0 Å². The molecule has 1 saturated heterocycles. The number of Topliss-reactive ketones (excluding diaryl/α,β-unsaturated/α-hetero) is 1. The van der Waals surface area contributed by atoms with Gasteiger partial charge in [0.2, 0.25) is 0 Å². The van der Waals surface area contributed by atoms with Crippen LogP contribution in [0.5, 0.6) is 0 Å². The Balaban J connectivity index is 1.63. The first kappa shape index (κ1) is 18.4. The van der Waals surface area contributed by atoms with E-state index < -0.39 is 0 Å². The number of carbonyl (C=O) groups excluding carboxylic acids is 1. The van der Waals surface area contributed by atoms with E-state index >= 15 is 0 Å². The Labute approximate surface area is 160 Å². The molecule has 0 spiro atoms. The Hall–Kier alpha value is -2.40. The number of ketones is 1. The average Bonchev–Trinajstić information content (AvgIpc) is 2.62. The number of nitrogens with zero attached hydrogens (tertiary/aromatic N) is 2. The molecule has 3 rings (SSSR count). The van der Waals surface area contributed by atoms with Crippen molar-refractivity contribution in [2.24, 2.45) is 0 Å². The van der Waals surface area contributed by atoms with Crippen LogP contribution in [-0.4, -0.2) is 41.5 Å². The van der Waals surface area contributed by atoms with E-state index in [0.717, 1.165) is 25.3 Å². The van der Waals surface area contributed by atoms with Crippen molar-refractivity contribution >= 4 is 34.5 Å². The summed E-state index contributed by atoms with van der Waals surface area (Å²) in [5.74, 6) is 0.0555. The quantitative estimate of drug-likeness (QED) is 0.653. The molecule has 1 aliphatic rings. The third-order valence-corrected chi connectivity index (χ3v) is 5.16. The fraction of sp³-hybridized carbons (Fsp3) is 0.333. The molecule has 1 aliphatic heterocycles. The number of piperazine rings is 1. The minimum Gasteiger partial charge on any atom is -0.365 e. The molecule has 1 heterocycles. The maximum absolute atomic E-state index is 11.5. The molecule has 0 radical (unpaired) electrons. The van der Waals surface area contributed by atoms with Crippen LogP contribution in [0.15, 0.2) is 48.5 Å². The molecule has 0 aromatic heterocycles. The topological polar surface area (TPSA) is 35.6 Å². The fourth-order valence-corrected chi connectivity index (χ4v) is 3.56. The Bertz CT molecular complexity index is 803. The van der Waals surface area contributed by atoms with Crippen molar-refractivity contribution in [2.45, 2.75) is 26.8 Å². The van der Waals surface area contributed by atoms with Gasteiger partial charge in [-0.25, -0.2) is 0 Å². The monoisotopic (exact) mass is 367 g/mol. The zero-order valence-corrected chi connectivity index (χ0v) is 16.3. The number of rotatable bonds is 3. The maximum Gasteiger partial charge on any atom is 0.173 e. The van der Waals surface area contributed by atoms with E-state index in [1.165, 1.54) is 11.3 Å². The van der Waals surface area contributed by atoms with Crippen molar-refractivity contribution < 1.29 is 4.79 Å². The second kappa shape index (κ2) is 7.87. The van der Waals surface area contributed by atoms with Gasteiger partial charge in [-0.2, -0.15) is 0 Å². The zero-order chi connectivity index (χ0) is 18.7. The molecule has 26 heavy (non-hydrogen) atoms. The van der Waals surface area contributed by atoms with Crippen LogP contribution in [0.4, 0.5) is 11.4 Å². The van der Waals surface area contributed by atoms with E-state index in [0.29, 0.717) is 16.7 Å². The number of aryl methyl sites for hydroxylation is 1. The maximum atomic E-state index is 11.5. The van der Waals surface area contributed by atoms with Crippen molar-refractivity contribution in [2.75, 3.05) is 29.9 Å². The summed E-state index contributed by atoms with van der Waals surface area (Å²) in [7, 11) is 0. The highest BCUT2D eigenvalue weighted by Gasteiger charge is 2.25. The molecule has 0 amide bonds. The van der Waals surface area contributed by atoms with Crippen molar-refractivity contribution in [3.05, 3.63) is 59.7 Å². The van der Waals surface area contributed by atoms with E-state index in [9.17, 15) is 4.79 Å². The number of benzene rings is 2. The molecule has 0 bridgehead atoms. The van der Waals surface area contributed by atoms with Crippen LogP contribution in [-0.2, 0) is 0 Å². The largest absolute Gasteiger partial charge is 0.365 e. The minimum atomic E-state index is 0.0555. The lowest BCUT2D eigenvalue weighted by atomic mass is 10.1. The molecule has 136 valence electrons.